The van der Waals surface area contributed by atoms with Gasteiger partial charge in [-0.15, -0.1) is 5.10 Å². The van der Waals surface area contributed by atoms with Crippen LogP contribution in [0.25, 0.3) is 0 Å². The van der Waals surface area contributed by atoms with Gasteiger partial charge in [0.1, 0.15) is 0 Å². The predicted molar refractivity (Wildman–Crippen MR) is 128 cm³/mol. The minimum absolute atomic E-state index is 0.0736. The molecule has 0 radical (unpaired) electrons. The zero-order valence-electron chi connectivity index (χ0n) is 20.8. The smallest absolute Gasteiger partial charge is 0.330 e. The number of pyridine rings is 1. The van der Waals surface area contributed by atoms with Crippen LogP contribution >= 0.6 is 0 Å². The molecule has 38 heavy (non-hydrogen) atoms. The zero-order chi connectivity index (χ0) is 27.5. The quantitative estimate of drug-likeness (QED) is 0.362. The maximum Gasteiger partial charge on any atom is 0.416 e. The summed E-state index contributed by atoms with van der Waals surface area (Å²) in [5, 5.41) is 12.0. The van der Waals surface area contributed by atoms with Crippen LogP contribution in [0.1, 0.15) is 66.0 Å². The molecule has 0 amide bonds. The van der Waals surface area contributed by atoms with Crippen LogP contribution in [0.3, 0.4) is 0 Å². The number of nitrogens with zero attached hydrogens (tertiary/aromatic N) is 6. The third kappa shape index (κ3) is 6.61. The fourth-order valence-corrected chi connectivity index (χ4v) is 5.19. The average molecular weight is 542 g/mol. The summed E-state index contributed by atoms with van der Waals surface area (Å²) in [4.78, 5) is 7.34. The molecule has 0 spiro atoms. The highest BCUT2D eigenvalue weighted by Gasteiger charge is 2.37. The van der Waals surface area contributed by atoms with Gasteiger partial charge in [0.15, 0.2) is 0 Å². The topological polar surface area (TPSA) is 85.8 Å². The van der Waals surface area contributed by atoms with Gasteiger partial charge in [-0.25, -0.2) is 0 Å². The van der Waals surface area contributed by atoms with E-state index < -0.39 is 23.5 Å². The van der Waals surface area contributed by atoms with Crippen LogP contribution in [0.5, 0.6) is 0 Å². The number of aromatic nitrogens is 5. The van der Waals surface area contributed by atoms with Gasteiger partial charge in [0.25, 0.3) is 5.95 Å². The first-order chi connectivity index (χ1) is 18.0. The highest BCUT2D eigenvalue weighted by Crippen LogP contribution is 2.40. The number of rotatable bonds is 9. The van der Waals surface area contributed by atoms with E-state index in [0.29, 0.717) is 12.5 Å². The van der Waals surface area contributed by atoms with Crippen LogP contribution in [-0.4, -0.2) is 31.7 Å². The molecule has 1 aliphatic carbocycles. The minimum atomic E-state index is -4.95. The number of hydrogen-bond donors (Lipinski definition) is 1. The summed E-state index contributed by atoms with van der Waals surface area (Å²) < 4.78 is 80.8. The van der Waals surface area contributed by atoms with Gasteiger partial charge in [-0.1, -0.05) is 24.0 Å². The Balaban J connectivity index is 1.73. The maximum atomic E-state index is 13.5. The Morgan fingerprint density at radius 1 is 1.03 bits per heavy atom. The zero-order valence-corrected chi connectivity index (χ0v) is 20.8. The predicted octanol–water partition coefficient (Wildman–Crippen LogP) is 5.47. The van der Waals surface area contributed by atoms with Crippen molar-refractivity contribution in [2.24, 2.45) is 18.7 Å². The summed E-state index contributed by atoms with van der Waals surface area (Å²) >= 11 is 0. The van der Waals surface area contributed by atoms with Crippen molar-refractivity contribution >= 4 is 5.95 Å². The van der Waals surface area contributed by atoms with Crippen LogP contribution in [0.4, 0.5) is 32.3 Å². The number of nitrogens with two attached hydrogens (primary N) is 1. The Kier molecular flexibility index (Phi) is 8.24. The molecule has 7 nitrogen and oxygen atoms in total. The van der Waals surface area contributed by atoms with Crippen molar-refractivity contribution in [3.05, 3.63) is 64.5 Å². The van der Waals surface area contributed by atoms with Crippen molar-refractivity contribution in [2.45, 2.75) is 63.5 Å². The molecule has 2 N–H and O–H groups in total. The monoisotopic (exact) mass is 541 g/mol. The van der Waals surface area contributed by atoms with Crippen molar-refractivity contribution in [1.29, 1.82) is 0 Å². The molecule has 4 rings (SSSR count). The number of halogens is 6. The first-order valence-corrected chi connectivity index (χ1v) is 12.4. The Bertz CT molecular complexity index is 1190. The highest BCUT2D eigenvalue weighted by atomic mass is 19.4. The van der Waals surface area contributed by atoms with E-state index in [1.54, 1.807) is 12.3 Å². The van der Waals surface area contributed by atoms with Gasteiger partial charge in [-0.2, -0.15) is 31.1 Å². The molecule has 1 aliphatic rings. The molecule has 0 aliphatic heterocycles. The Morgan fingerprint density at radius 3 is 2.24 bits per heavy atom. The van der Waals surface area contributed by atoms with Crippen molar-refractivity contribution in [1.82, 2.24) is 25.2 Å². The normalized spacial score (nSPS) is 15.7. The second kappa shape index (κ2) is 11.3. The first-order valence-electron chi connectivity index (χ1n) is 12.4. The summed E-state index contributed by atoms with van der Waals surface area (Å²) in [6, 6.07) is 5.17. The minimum Gasteiger partial charge on any atom is -0.330 e. The van der Waals surface area contributed by atoms with E-state index in [0.717, 1.165) is 55.5 Å². The molecule has 206 valence electrons. The molecule has 1 atom stereocenters. The molecule has 0 bridgehead atoms. The fraction of sp³-hybridized carbons (Fsp3) is 0.520. The number of aryl methyl sites for hydroxylation is 1. The van der Waals surface area contributed by atoms with Gasteiger partial charge in [0.2, 0.25) is 0 Å². The number of benzene rings is 1. The van der Waals surface area contributed by atoms with Crippen molar-refractivity contribution in [3.8, 4) is 0 Å². The van der Waals surface area contributed by atoms with Crippen LogP contribution in [0.15, 0.2) is 36.5 Å². The maximum absolute atomic E-state index is 13.5. The summed E-state index contributed by atoms with van der Waals surface area (Å²) in [7, 11) is 1.52. The Labute approximate surface area is 216 Å². The van der Waals surface area contributed by atoms with Crippen LogP contribution < -0.4 is 10.6 Å². The molecule has 1 unspecified atom stereocenters. The molecule has 1 saturated carbocycles. The number of anilines is 1. The molecular formula is C25H29F6N7. The third-order valence-electron chi connectivity index (χ3n) is 6.89. The van der Waals surface area contributed by atoms with Crippen molar-refractivity contribution < 1.29 is 26.3 Å². The van der Waals surface area contributed by atoms with Crippen molar-refractivity contribution in [3.63, 3.8) is 0 Å². The van der Waals surface area contributed by atoms with Gasteiger partial charge >= 0.3 is 12.4 Å². The van der Waals surface area contributed by atoms with Gasteiger partial charge in [0.05, 0.1) is 18.2 Å². The third-order valence-corrected chi connectivity index (χ3v) is 6.89. The van der Waals surface area contributed by atoms with Crippen LogP contribution in [-0.2, 0) is 32.5 Å². The van der Waals surface area contributed by atoms with Crippen LogP contribution in [0, 0.1) is 5.92 Å². The van der Waals surface area contributed by atoms with Crippen molar-refractivity contribution in [2.75, 3.05) is 11.4 Å². The van der Waals surface area contributed by atoms with E-state index >= 15 is 0 Å². The summed E-state index contributed by atoms with van der Waals surface area (Å²) in [6.45, 7) is 0.273. The lowest BCUT2D eigenvalue weighted by Crippen LogP contribution is -2.26. The van der Waals surface area contributed by atoms with E-state index in [-0.39, 0.29) is 36.6 Å². The van der Waals surface area contributed by atoms with E-state index in [9.17, 15) is 26.3 Å². The first kappa shape index (κ1) is 27.8. The Hall–Kier alpha value is -3.22. The fourth-order valence-electron chi connectivity index (χ4n) is 5.19. The lowest BCUT2D eigenvalue weighted by molar-refractivity contribution is -0.143. The average Bonchev–Trinajstić information content (AvgIpc) is 3.53. The summed E-state index contributed by atoms with van der Waals surface area (Å²) in [6.07, 6.45) is -3.12. The van der Waals surface area contributed by atoms with Gasteiger partial charge in [-0.05, 0) is 72.3 Å². The second-order valence-corrected chi connectivity index (χ2v) is 9.63. The molecule has 1 aromatic carbocycles. The van der Waals surface area contributed by atoms with Crippen LogP contribution in [0.2, 0.25) is 0 Å². The number of hydrogen-bond acceptors (Lipinski definition) is 6. The summed E-state index contributed by atoms with van der Waals surface area (Å²) in [5.41, 5.74) is 4.61. The van der Waals surface area contributed by atoms with E-state index in [2.05, 4.69) is 20.4 Å². The standard InChI is InChI=1S/C25H29F6N7/c1-37-35-23(34-36-37)38(14-16-11-19(24(26,27)28)13-20(12-16)25(29,30)31)15-18-7-4-10-33-22(18)21(8-9-32)17-5-2-3-6-17/h4,7,10-13,17,21H,2-3,5-6,8-9,14-15,32H2,1H3. The second-order valence-electron chi connectivity index (χ2n) is 9.63. The molecule has 13 heteroatoms. The SMILES string of the molecule is Cn1nnc(N(Cc2cc(C(F)(F)F)cc(C(F)(F)F)c2)Cc2cccnc2C(CCN)C2CCCC2)n1. The van der Waals surface area contributed by atoms with Gasteiger partial charge in [-0.3, -0.25) is 4.98 Å². The van der Waals surface area contributed by atoms with Gasteiger partial charge in [0, 0.05) is 30.9 Å². The Morgan fingerprint density at radius 2 is 1.68 bits per heavy atom. The summed E-state index contributed by atoms with van der Waals surface area (Å²) in [5.74, 6) is 0.582. The van der Waals surface area contributed by atoms with E-state index in [4.69, 9.17) is 5.73 Å². The molecule has 0 saturated heterocycles. The lowest BCUT2D eigenvalue weighted by atomic mass is 9.83. The van der Waals surface area contributed by atoms with E-state index in [1.807, 2.05) is 6.07 Å². The molecule has 3 aromatic rings. The molecule has 1 fully saturated rings. The van der Waals surface area contributed by atoms with Gasteiger partial charge < -0.3 is 10.6 Å². The molecule has 2 heterocycles. The number of tetrazole rings is 1. The number of alkyl halides is 6. The van der Waals surface area contributed by atoms with E-state index in [1.165, 1.54) is 16.7 Å². The highest BCUT2D eigenvalue weighted by molar-refractivity contribution is 5.39. The molecular weight excluding hydrogens is 512 g/mol. The molecule has 2 aromatic heterocycles. The largest absolute Gasteiger partial charge is 0.416 e. The lowest BCUT2D eigenvalue weighted by Gasteiger charge is -2.27.